The minimum absolute atomic E-state index is 0.237. The number of nitrogens with one attached hydrogen (secondary N) is 1. The van der Waals surface area contributed by atoms with Crippen LogP contribution in [-0.2, 0) is 11.3 Å². The van der Waals surface area contributed by atoms with Crippen molar-refractivity contribution in [2.75, 3.05) is 33.2 Å². The molecule has 2 heterocycles. The molecular weight excluding hydrogens is 280 g/mol. The normalized spacial score (nSPS) is 26.0. The summed E-state index contributed by atoms with van der Waals surface area (Å²) in [7, 11) is 1.97. The number of piperazine rings is 1. The highest BCUT2D eigenvalue weighted by atomic mass is 16.4. The molecule has 1 N–H and O–H groups in total. The van der Waals surface area contributed by atoms with Crippen LogP contribution in [-0.4, -0.2) is 60.0 Å². The van der Waals surface area contributed by atoms with Crippen LogP contribution in [0.25, 0.3) is 0 Å². The molecule has 6 heteroatoms. The molecular formula is C16H26N4O2. The summed E-state index contributed by atoms with van der Waals surface area (Å²) >= 11 is 0. The molecule has 3 rings (SSSR count). The largest absolute Gasteiger partial charge is 0.444 e. The van der Waals surface area contributed by atoms with Gasteiger partial charge in [-0.05, 0) is 33.7 Å². The second-order valence-corrected chi connectivity index (χ2v) is 6.50. The molecule has 2 aliphatic rings. The Balaban J connectivity index is 1.45. The smallest absolute Gasteiger partial charge is 0.225 e. The van der Waals surface area contributed by atoms with Crippen molar-refractivity contribution in [1.82, 2.24) is 20.1 Å². The van der Waals surface area contributed by atoms with Gasteiger partial charge in [-0.2, -0.15) is 0 Å². The van der Waals surface area contributed by atoms with Crippen molar-refractivity contribution in [2.45, 2.75) is 39.3 Å². The summed E-state index contributed by atoms with van der Waals surface area (Å²) in [6, 6.07) is 0.534. The highest BCUT2D eigenvalue weighted by Crippen LogP contribution is 2.29. The molecule has 0 spiro atoms. The molecule has 6 nitrogen and oxygen atoms in total. The third-order valence-electron chi connectivity index (χ3n) is 5.01. The van der Waals surface area contributed by atoms with E-state index in [2.05, 4.69) is 15.2 Å². The summed E-state index contributed by atoms with van der Waals surface area (Å²) in [5, 5.41) is 3.23. The number of hydrogen-bond donors (Lipinski definition) is 1. The quantitative estimate of drug-likeness (QED) is 0.897. The Morgan fingerprint density at radius 1 is 1.27 bits per heavy atom. The van der Waals surface area contributed by atoms with E-state index in [1.54, 1.807) is 0 Å². The minimum Gasteiger partial charge on any atom is -0.444 e. The fraction of sp³-hybridized carbons (Fsp3) is 0.750. The van der Waals surface area contributed by atoms with Gasteiger partial charge < -0.3 is 14.6 Å². The summed E-state index contributed by atoms with van der Waals surface area (Å²) in [6.45, 7) is 8.08. The summed E-state index contributed by atoms with van der Waals surface area (Å²) in [4.78, 5) is 21.2. The average molecular weight is 306 g/mol. The average Bonchev–Trinajstić information content (AvgIpc) is 2.77. The predicted octanol–water partition coefficient (Wildman–Crippen LogP) is 0.934. The topological polar surface area (TPSA) is 61.6 Å². The molecule has 0 aromatic carbocycles. The van der Waals surface area contributed by atoms with Gasteiger partial charge in [-0.1, -0.05) is 0 Å². The van der Waals surface area contributed by atoms with Gasteiger partial charge in [0.1, 0.15) is 5.76 Å². The van der Waals surface area contributed by atoms with Gasteiger partial charge in [0.2, 0.25) is 11.8 Å². The number of amides is 1. The van der Waals surface area contributed by atoms with E-state index in [9.17, 15) is 4.79 Å². The minimum atomic E-state index is 0.237. The zero-order chi connectivity index (χ0) is 15.7. The molecule has 1 amide bonds. The van der Waals surface area contributed by atoms with Crippen molar-refractivity contribution in [3.63, 3.8) is 0 Å². The molecule has 122 valence electrons. The lowest BCUT2D eigenvalue weighted by Crippen LogP contribution is -2.53. The third-order valence-corrected chi connectivity index (χ3v) is 5.01. The summed E-state index contributed by atoms with van der Waals surface area (Å²) in [6.07, 6.45) is 1.98. The molecule has 2 fully saturated rings. The lowest BCUT2D eigenvalue weighted by molar-refractivity contribution is -0.140. The number of aromatic nitrogens is 1. The van der Waals surface area contributed by atoms with Crippen LogP contribution in [0, 0.1) is 19.8 Å². The van der Waals surface area contributed by atoms with Crippen molar-refractivity contribution in [2.24, 2.45) is 5.92 Å². The van der Waals surface area contributed by atoms with Gasteiger partial charge in [0, 0.05) is 38.1 Å². The Hall–Kier alpha value is -1.40. The van der Waals surface area contributed by atoms with E-state index in [0.717, 1.165) is 62.9 Å². The maximum Gasteiger partial charge on any atom is 0.225 e. The summed E-state index contributed by atoms with van der Waals surface area (Å²) in [5.74, 6) is 2.26. The standard InChI is InChI=1S/C16H26N4O2/c1-11-12(2)22-15(18-11)10-19-4-6-20(7-5-19)16(21)13-8-14(9-13)17-3/h13-14,17H,4-10H2,1-3H3. The van der Waals surface area contributed by atoms with Crippen LogP contribution in [0.1, 0.15) is 30.2 Å². The number of carbonyl (C=O) groups excluding carboxylic acids is 1. The highest BCUT2D eigenvalue weighted by molar-refractivity contribution is 5.80. The van der Waals surface area contributed by atoms with Crippen molar-refractivity contribution >= 4 is 5.91 Å². The van der Waals surface area contributed by atoms with E-state index in [0.29, 0.717) is 11.9 Å². The highest BCUT2D eigenvalue weighted by Gasteiger charge is 2.36. The zero-order valence-electron chi connectivity index (χ0n) is 13.8. The van der Waals surface area contributed by atoms with Gasteiger partial charge in [-0.15, -0.1) is 0 Å². The van der Waals surface area contributed by atoms with Gasteiger partial charge in [-0.25, -0.2) is 4.98 Å². The number of hydrogen-bond acceptors (Lipinski definition) is 5. The first kappa shape index (κ1) is 15.5. The van der Waals surface area contributed by atoms with Gasteiger partial charge in [0.05, 0.1) is 12.2 Å². The van der Waals surface area contributed by atoms with E-state index in [4.69, 9.17) is 4.42 Å². The molecule has 0 unspecified atom stereocenters. The van der Waals surface area contributed by atoms with Crippen LogP contribution >= 0.6 is 0 Å². The molecule has 0 bridgehead atoms. The van der Waals surface area contributed by atoms with Crippen molar-refractivity contribution in [3.05, 3.63) is 17.3 Å². The molecule has 22 heavy (non-hydrogen) atoms. The molecule has 1 saturated carbocycles. The molecule has 1 aromatic heterocycles. The van der Waals surface area contributed by atoms with E-state index in [1.807, 2.05) is 25.8 Å². The second kappa shape index (κ2) is 6.38. The van der Waals surface area contributed by atoms with Crippen LogP contribution in [0.2, 0.25) is 0 Å². The Bertz CT molecular complexity index is 509. The number of nitrogens with zero attached hydrogens (tertiary/aromatic N) is 3. The number of aryl methyl sites for hydroxylation is 2. The SMILES string of the molecule is CNC1CC(C(=O)N2CCN(Cc3nc(C)c(C)o3)CC2)C1. The van der Waals surface area contributed by atoms with E-state index >= 15 is 0 Å². The molecule has 1 aromatic rings. The zero-order valence-corrected chi connectivity index (χ0v) is 13.8. The summed E-state index contributed by atoms with van der Waals surface area (Å²) < 4.78 is 5.64. The first-order valence-electron chi connectivity index (χ1n) is 8.18. The monoisotopic (exact) mass is 306 g/mol. The number of carbonyl (C=O) groups is 1. The van der Waals surface area contributed by atoms with Crippen LogP contribution in [0.4, 0.5) is 0 Å². The summed E-state index contributed by atoms with van der Waals surface area (Å²) in [5.41, 5.74) is 0.966. The van der Waals surface area contributed by atoms with Crippen LogP contribution in [0.3, 0.4) is 0 Å². The molecule has 0 radical (unpaired) electrons. The molecule has 1 aliphatic carbocycles. The fourth-order valence-corrected chi connectivity index (χ4v) is 3.24. The maximum absolute atomic E-state index is 12.4. The Labute approximate surface area is 131 Å². The molecule has 1 aliphatic heterocycles. The Morgan fingerprint density at radius 2 is 1.95 bits per heavy atom. The van der Waals surface area contributed by atoms with Gasteiger partial charge in [-0.3, -0.25) is 9.69 Å². The van der Waals surface area contributed by atoms with Crippen LogP contribution < -0.4 is 5.32 Å². The lowest BCUT2D eigenvalue weighted by Gasteiger charge is -2.40. The number of rotatable bonds is 4. The van der Waals surface area contributed by atoms with Crippen LogP contribution in [0.15, 0.2) is 4.42 Å². The van der Waals surface area contributed by atoms with Gasteiger partial charge in [0.15, 0.2) is 0 Å². The molecule has 1 saturated heterocycles. The lowest BCUT2D eigenvalue weighted by atomic mass is 9.79. The van der Waals surface area contributed by atoms with E-state index < -0.39 is 0 Å². The van der Waals surface area contributed by atoms with Gasteiger partial charge in [0.25, 0.3) is 0 Å². The first-order valence-corrected chi connectivity index (χ1v) is 8.18. The van der Waals surface area contributed by atoms with Crippen molar-refractivity contribution in [3.8, 4) is 0 Å². The molecule has 0 atom stereocenters. The Kier molecular flexibility index (Phi) is 4.49. The number of oxazole rings is 1. The third kappa shape index (κ3) is 3.17. The fourth-order valence-electron chi connectivity index (χ4n) is 3.24. The van der Waals surface area contributed by atoms with E-state index in [1.165, 1.54) is 0 Å². The van der Waals surface area contributed by atoms with E-state index in [-0.39, 0.29) is 5.92 Å². The second-order valence-electron chi connectivity index (χ2n) is 6.50. The Morgan fingerprint density at radius 3 is 2.50 bits per heavy atom. The van der Waals surface area contributed by atoms with Crippen molar-refractivity contribution in [1.29, 1.82) is 0 Å². The maximum atomic E-state index is 12.4. The van der Waals surface area contributed by atoms with Crippen molar-refractivity contribution < 1.29 is 9.21 Å². The van der Waals surface area contributed by atoms with Gasteiger partial charge >= 0.3 is 0 Å². The van der Waals surface area contributed by atoms with Crippen LogP contribution in [0.5, 0.6) is 0 Å². The predicted molar refractivity (Wildman–Crippen MR) is 83.4 cm³/mol. The first-order chi connectivity index (χ1) is 10.6.